The van der Waals surface area contributed by atoms with Gasteiger partial charge in [0.05, 0.1) is 12.5 Å². The van der Waals surface area contributed by atoms with Gasteiger partial charge < -0.3 is 9.84 Å². The highest BCUT2D eigenvalue weighted by atomic mass is 32.2. The van der Waals surface area contributed by atoms with Gasteiger partial charge >= 0.3 is 0 Å². The third-order valence-electron chi connectivity index (χ3n) is 3.38. The zero-order valence-corrected chi connectivity index (χ0v) is 13.1. The molecule has 0 bridgehead atoms. The standard InChI is InChI=1S/C14H17F2N3O2S/c1-10(22-9-21-2)14(20,6-19-8-17-7-18-19)12-4-3-11(15)5-13(12)16/h3-5,7-8,10,20H,6,9H2,1-2H3/t10-,14-/m1/s1. The number of thioether (sulfide) groups is 1. The number of aromatic nitrogens is 3. The molecule has 2 rings (SSSR count). The summed E-state index contributed by atoms with van der Waals surface area (Å²) in [7, 11) is 1.54. The molecule has 0 aliphatic carbocycles. The Morgan fingerprint density at radius 2 is 2.23 bits per heavy atom. The smallest absolute Gasteiger partial charge is 0.137 e. The molecule has 0 unspecified atom stereocenters. The third kappa shape index (κ3) is 3.63. The Labute approximate surface area is 131 Å². The van der Waals surface area contributed by atoms with Crippen LogP contribution < -0.4 is 0 Å². The van der Waals surface area contributed by atoms with Gasteiger partial charge in [0.1, 0.15) is 29.9 Å². The molecule has 0 saturated carbocycles. The van der Waals surface area contributed by atoms with Gasteiger partial charge in [-0.1, -0.05) is 13.0 Å². The molecule has 22 heavy (non-hydrogen) atoms. The Balaban J connectivity index is 2.39. The van der Waals surface area contributed by atoms with E-state index in [1.54, 1.807) is 6.92 Å². The van der Waals surface area contributed by atoms with E-state index in [0.29, 0.717) is 5.94 Å². The van der Waals surface area contributed by atoms with Crippen LogP contribution in [0.5, 0.6) is 0 Å². The largest absolute Gasteiger partial charge is 0.382 e. The fourth-order valence-electron chi connectivity index (χ4n) is 2.14. The molecule has 0 saturated heterocycles. The second-order valence-electron chi connectivity index (χ2n) is 4.86. The van der Waals surface area contributed by atoms with Crippen LogP contribution >= 0.6 is 11.8 Å². The number of hydrogen-bond acceptors (Lipinski definition) is 5. The lowest BCUT2D eigenvalue weighted by molar-refractivity contribution is 0.0129. The highest BCUT2D eigenvalue weighted by Gasteiger charge is 2.39. The van der Waals surface area contributed by atoms with Crippen LogP contribution in [-0.4, -0.2) is 38.2 Å². The summed E-state index contributed by atoms with van der Waals surface area (Å²) in [5, 5.41) is 14.6. The summed E-state index contributed by atoms with van der Waals surface area (Å²) in [6.07, 6.45) is 2.76. The third-order valence-corrected chi connectivity index (χ3v) is 4.64. The molecule has 8 heteroatoms. The van der Waals surface area contributed by atoms with Crippen LogP contribution in [0.25, 0.3) is 0 Å². The van der Waals surface area contributed by atoms with Crippen molar-refractivity contribution in [3.8, 4) is 0 Å². The summed E-state index contributed by atoms with van der Waals surface area (Å²) in [5.41, 5.74) is -1.57. The zero-order chi connectivity index (χ0) is 16.2. The number of hydrogen-bond donors (Lipinski definition) is 1. The first-order valence-corrected chi connectivity index (χ1v) is 7.63. The van der Waals surface area contributed by atoms with Gasteiger partial charge in [-0.05, 0) is 6.07 Å². The van der Waals surface area contributed by atoms with Crippen molar-refractivity contribution < 1.29 is 18.6 Å². The molecule has 0 amide bonds. The average Bonchev–Trinajstić information content (AvgIpc) is 2.97. The van der Waals surface area contributed by atoms with Gasteiger partial charge in [0.15, 0.2) is 0 Å². The topological polar surface area (TPSA) is 60.2 Å². The van der Waals surface area contributed by atoms with Crippen molar-refractivity contribution in [2.24, 2.45) is 0 Å². The molecule has 1 aromatic heterocycles. The van der Waals surface area contributed by atoms with Crippen molar-refractivity contribution in [1.29, 1.82) is 0 Å². The monoisotopic (exact) mass is 329 g/mol. The summed E-state index contributed by atoms with van der Waals surface area (Å²) < 4.78 is 33.7. The van der Waals surface area contributed by atoms with Gasteiger partial charge in [0.25, 0.3) is 0 Å². The Hall–Kier alpha value is -1.51. The Bertz CT molecular complexity index is 612. The second-order valence-corrected chi connectivity index (χ2v) is 6.13. The van der Waals surface area contributed by atoms with Crippen LogP contribution in [0.3, 0.4) is 0 Å². The highest BCUT2D eigenvalue weighted by molar-refractivity contribution is 7.99. The summed E-state index contributed by atoms with van der Waals surface area (Å²) in [6, 6.07) is 3.14. The van der Waals surface area contributed by atoms with Crippen molar-refractivity contribution in [3.05, 3.63) is 48.1 Å². The predicted molar refractivity (Wildman–Crippen MR) is 79.2 cm³/mol. The number of aliphatic hydroxyl groups is 1. The first-order valence-electron chi connectivity index (χ1n) is 6.58. The number of nitrogens with zero attached hydrogens (tertiary/aromatic N) is 3. The van der Waals surface area contributed by atoms with E-state index < -0.39 is 22.5 Å². The average molecular weight is 329 g/mol. The lowest BCUT2D eigenvalue weighted by Crippen LogP contribution is -2.41. The maximum Gasteiger partial charge on any atom is 0.137 e. The van der Waals surface area contributed by atoms with E-state index in [1.165, 1.54) is 42.3 Å². The first kappa shape index (κ1) is 16.9. The molecule has 5 nitrogen and oxygen atoms in total. The summed E-state index contributed by atoms with van der Waals surface area (Å²) >= 11 is 1.32. The van der Waals surface area contributed by atoms with Crippen LogP contribution in [0.4, 0.5) is 8.78 Å². The second kappa shape index (κ2) is 7.17. The van der Waals surface area contributed by atoms with E-state index >= 15 is 0 Å². The molecule has 1 N–H and O–H groups in total. The minimum Gasteiger partial charge on any atom is -0.382 e. The number of rotatable bonds is 7. The van der Waals surface area contributed by atoms with Crippen molar-refractivity contribution >= 4 is 11.8 Å². The first-order chi connectivity index (χ1) is 10.5. The number of methoxy groups -OCH3 is 1. The van der Waals surface area contributed by atoms with E-state index in [1.807, 2.05) is 0 Å². The molecule has 1 heterocycles. The maximum atomic E-state index is 14.2. The van der Waals surface area contributed by atoms with Gasteiger partial charge in [-0.15, -0.1) is 11.8 Å². The van der Waals surface area contributed by atoms with Crippen LogP contribution in [-0.2, 0) is 16.9 Å². The molecule has 2 atom stereocenters. The normalized spacial score (nSPS) is 15.5. The SMILES string of the molecule is COCS[C@H](C)[C@](O)(Cn1cncn1)c1ccc(F)cc1F. The quantitative estimate of drug-likeness (QED) is 0.789. The highest BCUT2D eigenvalue weighted by Crippen LogP contribution is 2.36. The van der Waals surface area contributed by atoms with E-state index in [0.717, 1.165) is 12.1 Å². The number of benzene rings is 1. The van der Waals surface area contributed by atoms with Crippen molar-refractivity contribution in [2.45, 2.75) is 24.3 Å². The van der Waals surface area contributed by atoms with Gasteiger partial charge in [-0.3, -0.25) is 0 Å². The number of ether oxygens (including phenoxy) is 1. The van der Waals surface area contributed by atoms with Crippen molar-refractivity contribution in [1.82, 2.24) is 14.8 Å². The van der Waals surface area contributed by atoms with Crippen LogP contribution in [0.15, 0.2) is 30.9 Å². The number of halogens is 2. The van der Waals surface area contributed by atoms with E-state index in [-0.39, 0.29) is 12.1 Å². The molecule has 0 radical (unpaired) electrons. The molecule has 1 aromatic carbocycles. The Morgan fingerprint density at radius 3 is 2.82 bits per heavy atom. The molecule has 0 aliphatic heterocycles. The van der Waals surface area contributed by atoms with Gasteiger partial charge in [0, 0.05) is 24.0 Å². The summed E-state index contributed by atoms with van der Waals surface area (Å²) in [5.74, 6) is -1.15. The molecule has 2 aromatic rings. The fraction of sp³-hybridized carbons (Fsp3) is 0.429. The Kier molecular flexibility index (Phi) is 5.49. The van der Waals surface area contributed by atoms with Crippen molar-refractivity contribution in [3.63, 3.8) is 0 Å². The fourth-order valence-corrected chi connectivity index (χ4v) is 2.96. The van der Waals surface area contributed by atoms with Crippen LogP contribution in [0, 0.1) is 11.6 Å². The lowest BCUT2D eigenvalue weighted by Gasteiger charge is -2.34. The Morgan fingerprint density at radius 1 is 1.45 bits per heavy atom. The lowest BCUT2D eigenvalue weighted by atomic mass is 9.90. The molecule has 0 fully saturated rings. The van der Waals surface area contributed by atoms with Crippen molar-refractivity contribution in [2.75, 3.05) is 13.0 Å². The van der Waals surface area contributed by atoms with Gasteiger partial charge in [0.2, 0.25) is 0 Å². The molecule has 0 spiro atoms. The van der Waals surface area contributed by atoms with E-state index in [4.69, 9.17) is 4.74 Å². The van der Waals surface area contributed by atoms with Gasteiger partial charge in [-0.2, -0.15) is 5.10 Å². The zero-order valence-electron chi connectivity index (χ0n) is 12.2. The van der Waals surface area contributed by atoms with Crippen LogP contribution in [0.1, 0.15) is 12.5 Å². The molecular formula is C14H17F2N3O2S. The predicted octanol–water partition coefficient (Wildman–Crippen LogP) is 2.17. The van der Waals surface area contributed by atoms with Crippen LogP contribution in [0.2, 0.25) is 0 Å². The summed E-state index contributed by atoms with van der Waals surface area (Å²) in [6.45, 7) is 1.75. The maximum absolute atomic E-state index is 14.2. The molecule has 0 aliphatic rings. The molecule has 120 valence electrons. The minimum atomic E-state index is -1.59. The minimum absolute atomic E-state index is 0.00651. The van der Waals surface area contributed by atoms with E-state index in [9.17, 15) is 13.9 Å². The summed E-state index contributed by atoms with van der Waals surface area (Å²) in [4.78, 5) is 3.81. The van der Waals surface area contributed by atoms with Gasteiger partial charge in [-0.25, -0.2) is 18.4 Å². The molecular weight excluding hydrogens is 312 g/mol. The van der Waals surface area contributed by atoms with E-state index in [2.05, 4.69) is 10.1 Å².